The predicted octanol–water partition coefficient (Wildman–Crippen LogP) is 3.76. The fraction of sp³-hybridized carbons (Fsp3) is 0.571. The molecular formula is C14H18. The van der Waals surface area contributed by atoms with E-state index in [0.717, 1.165) is 17.8 Å². The van der Waals surface area contributed by atoms with Crippen molar-refractivity contribution in [3.05, 3.63) is 35.4 Å². The van der Waals surface area contributed by atoms with Crippen LogP contribution in [0.25, 0.3) is 0 Å². The third-order valence-electron chi connectivity index (χ3n) is 4.03. The number of rotatable bonds is 1. The Morgan fingerprint density at radius 2 is 1.86 bits per heavy atom. The lowest BCUT2D eigenvalue weighted by molar-refractivity contribution is 0.369. The largest absolute Gasteiger partial charge is 0.0620 e. The molecule has 0 heterocycles. The van der Waals surface area contributed by atoms with Crippen LogP contribution in [0.4, 0.5) is 0 Å². The van der Waals surface area contributed by atoms with E-state index in [9.17, 15) is 0 Å². The summed E-state index contributed by atoms with van der Waals surface area (Å²) in [6, 6.07) is 9.11. The third kappa shape index (κ3) is 1.28. The molecule has 0 bridgehead atoms. The minimum Gasteiger partial charge on any atom is -0.0620 e. The van der Waals surface area contributed by atoms with Crippen molar-refractivity contribution in [1.82, 2.24) is 0 Å². The Morgan fingerprint density at radius 3 is 2.64 bits per heavy atom. The number of aryl methyl sites for hydroxylation is 1. The normalized spacial score (nSPS) is 31.2. The van der Waals surface area contributed by atoms with Crippen molar-refractivity contribution in [3.63, 3.8) is 0 Å². The van der Waals surface area contributed by atoms with Crippen molar-refractivity contribution in [3.8, 4) is 0 Å². The molecule has 0 radical (unpaired) electrons. The van der Waals surface area contributed by atoms with Crippen molar-refractivity contribution in [2.45, 2.75) is 38.5 Å². The summed E-state index contributed by atoms with van der Waals surface area (Å²) in [4.78, 5) is 0. The van der Waals surface area contributed by atoms with Gasteiger partial charge < -0.3 is 0 Å². The summed E-state index contributed by atoms with van der Waals surface area (Å²) in [7, 11) is 0. The van der Waals surface area contributed by atoms with Crippen LogP contribution in [0.2, 0.25) is 0 Å². The zero-order valence-electron chi connectivity index (χ0n) is 8.87. The van der Waals surface area contributed by atoms with Gasteiger partial charge in [-0.15, -0.1) is 0 Å². The molecule has 2 atom stereocenters. The molecule has 14 heavy (non-hydrogen) atoms. The topological polar surface area (TPSA) is 0 Å². The van der Waals surface area contributed by atoms with Crippen LogP contribution < -0.4 is 0 Å². The van der Waals surface area contributed by atoms with Crippen LogP contribution in [0.3, 0.4) is 0 Å². The first-order valence-electron chi connectivity index (χ1n) is 5.94. The lowest BCUT2D eigenvalue weighted by Crippen LogP contribution is -2.19. The predicted molar refractivity (Wildman–Crippen MR) is 59.4 cm³/mol. The maximum absolute atomic E-state index is 2.44. The van der Waals surface area contributed by atoms with Gasteiger partial charge in [-0.25, -0.2) is 0 Å². The van der Waals surface area contributed by atoms with Crippen LogP contribution in [0.1, 0.15) is 43.2 Å². The average Bonchev–Trinajstić information content (AvgIpc) is 3.01. The van der Waals surface area contributed by atoms with Crippen LogP contribution in [0.5, 0.6) is 0 Å². The van der Waals surface area contributed by atoms with E-state index < -0.39 is 0 Å². The molecule has 0 heteroatoms. The molecule has 1 aromatic rings. The van der Waals surface area contributed by atoms with Gasteiger partial charge in [0.2, 0.25) is 0 Å². The van der Waals surface area contributed by atoms with Gasteiger partial charge in [-0.1, -0.05) is 31.2 Å². The fourth-order valence-electron chi connectivity index (χ4n) is 3.13. The Morgan fingerprint density at radius 1 is 1.07 bits per heavy atom. The standard InChI is InChI=1S/C14H18/c1-10-6-7-11-4-2-3-5-13(11)14(10)12-8-9-12/h2-5,10,12,14H,6-9H2,1H3/t10-,14?/m1/s1. The van der Waals surface area contributed by atoms with Gasteiger partial charge >= 0.3 is 0 Å². The second kappa shape index (κ2) is 3.12. The van der Waals surface area contributed by atoms with Crippen molar-refractivity contribution >= 4 is 0 Å². The average molecular weight is 186 g/mol. The molecule has 0 aliphatic heterocycles. The van der Waals surface area contributed by atoms with Crippen molar-refractivity contribution in [2.75, 3.05) is 0 Å². The van der Waals surface area contributed by atoms with E-state index in [1.54, 1.807) is 11.1 Å². The minimum atomic E-state index is 0.889. The van der Waals surface area contributed by atoms with Crippen LogP contribution in [-0.4, -0.2) is 0 Å². The Balaban J connectivity index is 2.02. The Labute approximate surface area is 86.3 Å². The molecule has 2 aliphatic carbocycles. The van der Waals surface area contributed by atoms with Gasteiger partial charge in [0, 0.05) is 0 Å². The summed E-state index contributed by atoms with van der Waals surface area (Å²) in [5.41, 5.74) is 3.30. The quantitative estimate of drug-likeness (QED) is 0.626. The lowest BCUT2D eigenvalue weighted by Gasteiger charge is -2.31. The van der Waals surface area contributed by atoms with Gasteiger partial charge in [-0.3, -0.25) is 0 Å². The van der Waals surface area contributed by atoms with E-state index in [0.29, 0.717) is 0 Å². The van der Waals surface area contributed by atoms with Crippen LogP contribution >= 0.6 is 0 Å². The fourth-order valence-corrected chi connectivity index (χ4v) is 3.13. The highest BCUT2D eigenvalue weighted by Gasteiger charge is 2.38. The van der Waals surface area contributed by atoms with Crippen LogP contribution in [-0.2, 0) is 6.42 Å². The molecule has 2 aliphatic rings. The molecule has 0 aromatic heterocycles. The number of hydrogen-bond acceptors (Lipinski definition) is 0. The molecule has 1 fully saturated rings. The van der Waals surface area contributed by atoms with Gasteiger partial charge in [0.1, 0.15) is 0 Å². The van der Waals surface area contributed by atoms with Crippen LogP contribution in [0, 0.1) is 11.8 Å². The summed E-state index contributed by atoms with van der Waals surface area (Å²) in [5.74, 6) is 2.82. The van der Waals surface area contributed by atoms with E-state index in [2.05, 4.69) is 31.2 Å². The first kappa shape index (κ1) is 8.52. The molecule has 3 rings (SSSR count). The molecule has 0 amide bonds. The zero-order valence-corrected chi connectivity index (χ0v) is 8.87. The first-order valence-corrected chi connectivity index (χ1v) is 5.94. The summed E-state index contributed by atoms with van der Waals surface area (Å²) in [6.07, 6.45) is 5.66. The van der Waals surface area contributed by atoms with Crippen molar-refractivity contribution in [2.24, 2.45) is 11.8 Å². The molecule has 0 nitrogen and oxygen atoms in total. The molecule has 0 saturated heterocycles. The smallest absolute Gasteiger partial charge is 0.0105 e. The zero-order chi connectivity index (χ0) is 9.54. The highest BCUT2D eigenvalue weighted by Crippen LogP contribution is 2.50. The molecule has 1 saturated carbocycles. The SMILES string of the molecule is C[C@@H]1CCc2ccccc2C1C1CC1. The van der Waals surface area contributed by atoms with E-state index in [1.165, 1.54) is 25.7 Å². The van der Waals surface area contributed by atoms with Crippen LogP contribution in [0.15, 0.2) is 24.3 Å². The van der Waals surface area contributed by atoms with Gasteiger partial charge in [0.15, 0.2) is 0 Å². The van der Waals surface area contributed by atoms with Gasteiger partial charge in [-0.05, 0) is 54.6 Å². The third-order valence-corrected chi connectivity index (χ3v) is 4.03. The molecule has 1 unspecified atom stereocenters. The molecule has 74 valence electrons. The van der Waals surface area contributed by atoms with E-state index >= 15 is 0 Å². The minimum absolute atomic E-state index is 0.889. The number of benzene rings is 1. The number of hydrogen-bond donors (Lipinski definition) is 0. The molecule has 0 N–H and O–H groups in total. The van der Waals surface area contributed by atoms with Gasteiger partial charge in [0.25, 0.3) is 0 Å². The summed E-state index contributed by atoms with van der Waals surface area (Å²) in [6.45, 7) is 2.44. The Kier molecular flexibility index (Phi) is 1.90. The van der Waals surface area contributed by atoms with Crippen molar-refractivity contribution in [1.29, 1.82) is 0 Å². The van der Waals surface area contributed by atoms with Gasteiger partial charge in [-0.2, -0.15) is 0 Å². The first-order chi connectivity index (χ1) is 6.86. The van der Waals surface area contributed by atoms with E-state index in [4.69, 9.17) is 0 Å². The summed E-state index contributed by atoms with van der Waals surface area (Å²) < 4.78 is 0. The molecule has 0 spiro atoms. The summed E-state index contributed by atoms with van der Waals surface area (Å²) in [5, 5.41) is 0. The Bertz CT molecular complexity index is 336. The summed E-state index contributed by atoms with van der Waals surface area (Å²) >= 11 is 0. The number of fused-ring (bicyclic) bond motifs is 1. The highest BCUT2D eigenvalue weighted by molar-refractivity contribution is 5.34. The van der Waals surface area contributed by atoms with Gasteiger partial charge in [0.05, 0.1) is 0 Å². The maximum atomic E-state index is 2.44. The van der Waals surface area contributed by atoms with E-state index in [1.807, 2.05) is 0 Å². The Hall–Kier alpha value is -0.780. The second-order valence-electron chi connectivity index (χ2n) is 5.08. The highest BCUT2D eigenvalue weighted by atomic mass is 14.4. The lowest BCUT2D eigenvalue weighted by atomic mass is 9.73. The van der Waals surface area contributed by atoms with Crippen molar-refractivity contribution < 1.29 is 0 Å². The molecule has 1 aromatic carbocycles. The maximum Gasteiger partial charge on any atom is -0.0105 e. The molecular weight excluding hydrogens is 168 g/mol. The second-order valence-corrected chi connectivity index (χ2v) is 5.08. The monoisotopic (exact) mass is 186 g/mol. The van der Waals surface area contributed by atoms with E-state index in [-0.39, 0.29) is 0 Å².